The molecule has 0 aliphatic rings. The molecule has 2 aromatic rings. The standard InChI is InChI=1S/C16H16ClFN2O2/c1-22-15-7-6-12(10-13(15)17)20-16(21)19-9-8-11-4-2-3-5-14(11)18/h2-7,10H,8-9H2,1H3,(H2,19,20,21). The molecule has 116 valence electrons. The first kappa shape index (κ1) is 16.1. The maximum Gasteiger partial charge on any atom is 0.319 e. The Kier molecular flexibility index (Phi) is 5.61. The van der Waals surface area contributed by atoms with Gasteiger partial charge in [-0.3, -0.25) is 0 Å². The third-order valence-corrected chi connectivity index (χ3v) is 3.34. The van der Waals surface area contributed by atoms with E-state index in [-0.39, 0.29) is 11.8 Å². The normalized spacial score (nSPS) is 10.1. The predicted molar refractivity (Wildman–Crippen MR) is 85.1 cm³/mol. The summed E-state index contributed by atoms with van der Waals surface area (Å²) in [6, 6.07) is 11.0. The largest absolute Gasteiger partial charge is 0.495 e. The Balaban J connectivity index is 1.83. The van der Waals surface area contributed by atoms with Crippen LogP contribution in [-0.2, 0) is 6.42 Å². The van der Waals surface area contributed by atoms with Gasteiger partial charge in [-0.25, -0.2) is 9.18 Å². The van der Waals surface area contributed by atoms with Crippen molar-refractivity contribution >= 4 is 23.3 Å². The van der Waals surface area contributed by atoms with Crippen LogP contribution in [0.15, 0.2) is 42.5 Å². The van der Waals surface area contributed by atoms with Gasteiger partial charge in [-0.05, 0) is 36.2 Å². The number of halogens is 2. The lowest BCUT2D eigenvalue weighted by atomic mass is 10.1. The van der Waals surface area contributed by atoms with E-state index in [1.165, 1.54) is 13.2 Å². The number of hydrogen-bond acceptors (Lipinski definition) is 2. The number of rotatable bonds is 5. The van der Waals surface area contributed by atoms with Crippen molar-refractivity contribution in [3.63, 3.8) is 0 Å². The molecule has 2 rings (SSSR count). The predicted octanol–water partition coefficient (Wildman–Crippen LogP) is 3.85. The minimum atomic E-state index is -0.377. The van der Waals surface area contributed by atoms with Crippen molar-refractivity contribution in [2.45, 2.75) is 6.42 Å². The molecular weight excluding hydrogens is 307 g/mol. The first-order valence-electron chi connectivity index (χ1n) is 6.72. The van der Waals surface area contributed by atoms with E-state index in [1.807, 2.05) is 0 Å². The van der Waals surface area contributed by atoms with Crippen molar-refractivity contribution in [1.82, 2.24) is 5.32 Å². The number of ether oxygens (including phenoxy) is 1. The molecule has 0 unspecified atom stereocenters. The Morgan fingerprint density at radius 3 is 2.73 bits per heavy atom. The van der Waals surface area contributed by atoms with E-state index < -0.39 is 0 Å². The molecule has 0 saturated heterocycles. The number of methoxy groups -OCH3 is 1. The Hall–Kier alpha value is -2.27. The maximum absolute atomic E-state index is 13.4. The van der Waals surface area contributed by atoms with Gasteiger partial charge >= 0.3 is 6.03 Å². The zero-order valence-electron chi connectivity index (χ0n) is 12.0. The summed E-state index contributed by atoms with van der Waals surface area (Å²) < 4.78 is 18.5. The van der Waals surface area contributed by atoms with Crippen molar-refractivity contribution in [3.8, 4) is 5.75 Å². The summed E-state index contributed by atoms with van der Waals surface area (Å²) in [5.74, 6) is 0.263. The minimum absolute atomic E-state index is 0.272. The van der Waals surface area contributed by atoms with Gasteiger partial charge in [-0.1, -0.05) is 29.8 Å². The second-order valence-electron chi connectivity index (χ2n) is 4.57. The highest BCUT2D eigenvalue weighted by Crippen LogP contribution is 2.27. The summed E-state index contributed by atoms with van der Waals surface area (Å²) in [7, 11) is 1.52. The molecule has 0 bridgehead atoms. The molecular formula is C16H16ClFN2O2. The van der Waals surface area contributed by atoms with E-state index >= 15 is 0 Å². The number of benzene rings is 2. The Labute approximate surface area is 133 Å². The number of carbonyl (C=O) groups is 1. The first-order chi connectivity index (χ1) is 10.6. The highest BCUT2D eigenvalue weighted by molar-refractivity contribution is 6.32. The second kappa shape index (κ2) is 7.66. The summed E-state index contributed by atoms with van der Waals surface area (Å²) in [4.78, 5) is 11.8. The quantitative estimate of drug-likeness (QED) is 0.878. The second-order valence-corrected chi connectivity index (χ2v) is 4.98. The third kappa shape index (κ3) is 4.36. The topological polar surface area (TPSA) is 50.4 Å². The van der Waals surface area contributed by atoms with E-state index in [9.17, 15) is 9.18 Å². The highest BCUT2D eigenvalue weighted by Gasteiger charge is 2.06. The van der Waals surface area contributed by atoms with Crippen LogP contribution in [0.1, 0.15) is 5.56 Å². The molecule has 0 heterocycles. The number of amides is 2. The van der Waals surface area contributed by atoms with Crippen LogP contribution in [0.2, 0.25) is 5.02 Å². The zero-order valence-corrected chi connectivity index (χ0v) is 12.8. The van der Waals surface area contributed by atoms with E-state index in [4.69, 9.17) is 16.3 Å². The van der Waals surface area contributed by atoms with Crippen LogP contribution in [0.4, 0.5) is 14.9 Å². The minimum Gasteiger partial charge on any atom is -0.495 e. The molecule has 0 saturated carbocycles. The lowest BCUT2D eigenvalue weighted by Crippen LogP contribution is -2.30. The van der Waals surface area contributed by atoms with Crippen LogP contribution in [-0.4, -0.2) is 19.7 Å². The summed E-state index contributed by atoms with van der Waals surface area (Å²) in [6.07, 6.45) is 0.420. The Morgan fingerprint density at radius 2 is 2.05 bits per heavy atom. The average molecular weight is 323 g/mol. The fourth-order valence-electron chi connectivity index (χ4n) is 1.93. The van der Waals surface area contributed by atoms with E-state index in [1.54, 1.807) is 36.4 Å². The molecule has 0 aliphatic carbocycles. The highest BCUT2D eigenvalue weighted by atomic mass is 35.5. The molecule has 2 amide bonds. The van der Waals surface area contributed by atoms with Gasteiger partial charge in [0, 0.05) is 12.2 Å². The Bertz CT molecular complexity index is 664. The molecule has 6 heteroatoms. The Morgan fingerprint density at radius 1 is 1.27 bits per heavy atom. The van der Waals surface area contributed by atoms with Crippen LogP contribution in [0.5, 0.6) is 5.75 Å². The fraction of sp³-hybridized carbons (Fsp3) is 0.188. The van der Waals surface area contributed by atoms with Gasteiger partial charge in [-0.15, -0.1) is 0 Å². The number of hydrogen-bond donors (Lipinski definition) is 2. The smallest absolute Gasteiger partial charge is 0.319 e. The molecule has 0 radical (unpaired) electrons. The number of anilines is 1. The number of carbonyl (C=O) groups excluding carboxylic acids is 1. The van der Waals surface area contributed by atoms with Crippen LogP contribution in [0, 0.1) is 5.82 Å². The summed E-state index contributed by atoms with van der Waals surface area (Å²) in [6.45, 7) is 0.330. The van der Waals surface area contributed by atoms with E-state index in [0.29, 0.717) is 35.0 Å². The molecule has 0 fully saturated rings. The van der Waals surface area contributed by atoms with Gasteiger partial charge in [0.2, 0.25) is 0 Å². The third-order valence-electron chi connectivity index (χ3n) is 3.05. The van der Waals surface area contributed by atoms with Gasteiger partial charge < -0.3 is 15.4 Å². The van der Waals surface area contributed by atoms with Crippen LogP contribution in [0.3, 0.4) is 0 Å². The molecule has 0 aromatic heterocycles. The molecule has 2 N–H and O–H groups in total. The molecule has 2 aromatic carbocycles. The summed E-state index contributed by atoms with van der Waals surface area (Å²) in [5.41, 5.74) is 1.12. The fourth-order valence-corrected chi connectivity index (χ4v) is 2.19. The summed E-state index contributed by atoms with van der Waals surface area (Å²) in [5, 5.41) is 5.72. The van der Waals surface area contributed by atoms with E-state index in [0.717, 1.165) is 0 Å². The van der Waals surface area contributed by atoms with Crippen LogP contribution in [0.25, 0.3) is 0 Å². The average Bonchev–Trinajstić information content (AvgIpc) is 2.49. The zero-order chi connectivity index (χ0) is 15.9. The van der Waals surface area contributed by atoms with Crippen molar-refractivity contribution in [2.75, 3.05) is 19.0 Å². The number of urea groups is 1. The molecule has 22 heavy (non-hydrogen) atoms. The molecule has 4 nitrogen and oxygen atoms in total. The lowest BCUT2D eigenvalue weighted by Gasteiger charge is -2.09. The number of nitrogens with one attached hydrogen (secondary N) is 2. The van der Waals surface area contributed by atoms with Crippen molar-refractivity contribution < 1.29 is 13.9 Å². The van der Waals surface area contributed by atoms with Gasteiger partial charge in [0.05, 0.1) is 12.1 Å². The molecule has 0 atom stereocenters. The van der Waals surface area contributed by atoms with Crippen LogP contribution >= 0.6 is 11.6 Å². The SMILES string of the molecule is COc1ccc(NC(=O)NCCc2ccccc2F)cc1Cl. The van der Waals surface area contributed by atoms with Gasteiger partial charge in [0.15, 0.2) is 0 Å². The van der Waals surface area contributed by atoms with Gasteiger partial charge in [0.25, 0.3) is 0 Å². The lowest BCUT2D eigenvalue weighted by molar-refractivity contribution is 0.252. The summed E-state index contributed by atoms with van der Waals surface area (Å²) >= 11 is 5.98. The van der Waals surface area contributed by atoms with Crippen molar-refractivity contribution in [1.29, 1.82) is 0 Å². The molecule has 0 aliphatic heterocycles. The van der Waals surface area contributed by atoms with Crippen LogP contribution < -0.4 is 15.4 Å². The van der Waals surface area contributed by atoms with Gasteiger partial charge in [0.1, 0.15) is 11.6 Å². The van der Waals surface area contributed by atoms with Crippen molar-refractivity contribution in [3.05, 3.63) is 58.9 Å². The van der Waals surface area contributed by atoms with Gasteiger partial charge in [-0.2, -0.15) is 0 Å². The monoisotopic (exact) mass is 322 g/mol. The van der Waals surface area contributed by atoms with E-state index in [2.05, 4.69) is 10.6 Å². The first-order valence-corrected chi connectivity index (χ1v) is 7.09. The molecule has 0 spiro atoms. The maximum atomic E-state index is 13.4. The van der Waals surface area contributed by atoms with Crippen molar-refractivity contribution in [2.24, 2.45) is 0 Å².